The maximum atomic E-state index is 13.7. The molecule has 0 saturated carbocycles. The van der Waals surface area contributed by atoms with Gasteiger partial charge in [-0.05, 0) is 48.2 Å². The molecule has 6 heteroatoms. The summed E-state index contributed by atoms with van der Waals surface area (Å²) < 4.78 is 52.2. The lowest BCUT2D eigenvalue weighted by atomic mass is 9.98. The summed E-state index contributed by atoms with van der Waals surface area (Å²) in [6.07, 6.45) is -3.46. The molecule has 2 nitrogen and oxygen atoms in total. The van der Waals surface area contributed by atoms with E-state index in [1.165, 1.54) is 29.2 Å². The Morgan fingerprint density at radius 3 is 2.58 bits per heavy atom. The number of alkyl halides is 3. The first-order valence-electron chi connectivity index (χ1n) is 7.60. The van der Waals surface area contributed by atoms with Crippen LogP contribution in [0.15, 0.2) is 42.5 Å². The van der Waals surface area contributed by atoms with E-state index in [1.54, 1.807) is 6.07 Å². The van der Waals surface area contributed by atoms with Crippen molar-refractivity contribution in [3.05, 3.63) is 65.0 Å². The fourth-order valence-electron chi connectivity index (χ4n) is 2.93. The van der Waals surface area contributed by atoms with Gasteiger partial charge < -0.3 is 4.90 Å². The number of anilines is 1. The Kier molecular flexibility index (Phi) is 4.30. The fraction of sp³-hybridized carbons (Fsp3) is 0.278. The summed E-state index contributed by atoms with van der Waals surface area (Å²) in [5, 5.41) is 0. The van der Waals surface area contributed by atoms with Crippen molar-refractivity contribution in [2.24, 2.45) is 0 Å². The third kappa shape index (κ3) is 3.27. The number of hydrogen-bond acceptors (Lipinski definition) is 1. The Morgan fingerprint density at radius 1 is 1.12 bits per heavy atom. The van der Waals surface area contributed by atoms with Crippen LogP contribution in [0.1, 0.15) is 23.1 Å². The van der Waals surface area contributed by atoms with Gasteiger partial charge in [0.15, 0.2) is 0 Å². The Hall–Kier alpha value is -2.37. The van der Waals surface area contributed by atoms with E-state index in [-0.39, 0.29) is 17.9 Å². The first-order valence-corrected chi connectivity index (χ1v) is 7.60. The highest BCUT2D eigenvalue weighted by Crippen LogP contribution is 2.35. The van der Waals surface area contributed by atoms with Crippen LogP contribution in [-0.2, 0) is 23.8 Å². The zero-order valence-corrected chi connectivity index (χ0v) is 12.7. The first-order chi connectivity index (χ1) is 11.4. The molecule has 1 aliphatic rings. The minimum atomic E-state index is -4.41. The van der Waals surface area contributed by atoms with Gasteiger partial charge in [0.2, 0.25) is 5.91 Å². The van der Waals surface area contributed by atoms with E-state index in [4.69, 9.17) is 0 Å². The second-order valence-electron chi connectivity index (χ2n) is 5.76. The average molecular weight is 337 g/mol. The molecule has 0 radical (unpaired) electrons. The maximum absolute atomic E-state index is 13.7. The molecular formula is C18H15F4NO. The molecule has 3 rings (SSSR count). The summed E-state index contributed by atoms with van der Waals surface area (Å²) in [4.78, 5) is 14.0. The standard InChI is InChI=1S/C18H15F4NO/c19-15-6-2-1-4-12(15)11-17(24)23-9-3-5-13-10-14(18(20,21)22)7-8-16(13)23/h1-2,4,6-8,10H,3,5,9,11H2. The predicted octanol–water partition coefficient (Wildman–Crippen LogP) is 4.37. The average Bonchev–Trinajstić information content (AvgIpc) is 2.55. The smallest absolute Gasteiger partial charge is 0.312 e. The Labute approximate surface area is 136 Å². The van der Waals surface area contributed by atoms with Crippen molar-refractivity contribution in [3.63, 3.8) is 0 Å². The van der Waals surface area contributed by atoms with E-state index in [2.05, 4.69) is 0 Å². The summed E-state index contributed by atoms with van der Waals surface area (Å²) in [5.41, 5.74) is 0.541. The Balaban J connectivity index is 1.87. The number of carbonyl (C=O) groups excluding carboxylic acids is 1. The minimum absolute atomic E-state index is 0.118. The SMILES string of the molecule is O=C(Cc1ccccc1F)N1CCCc2cc(C(F)(F)F)ccc21. The van der Waals surface area contributed by atoms with Crippen molar-refractivity contribution in [2.45, 2.75) is 25.4 Å². The van der Waals surface area contributed by atoms with Gasteiger partial charge in [-0.25, -0.2) is 4.39 Å². The van der Waals surface area contributed by atoms with E-state index in [0.717, 1.165) is 12.1 Å². The molecule has 1 amide bonds. The molecule has 1 aliphatic heterocycles. The molecule has 24 heavy (non-hydrogen) atoms. The van der Waals surface area contributed by atoms with Crippen molar-refractivity contribution < 1.29 is 22.4 Å². The van der Waals surface area contributed by atoms with Crippen molar-refractivity contribution >= 4 is 11.6 Å². The maximum Gasteiger partial charge on any atom is 0.416 e. The van der Waals surface area contributed by atoms with Gasteiger partial charge in [0.25, 0.3) is 0 Å². The number of rotatable bonds is 2. The quantitative estimate of drug-likeness (QED) is 0.746. The molecule has 0 aliphatic carbocycles. The molecule has 0 aromatic heterocycles. The highest BCUT2D eigenvalue weighted by atomic mass is 19.4. The third-order valence-electron chi connectivity index (χ3n) is 4.13. The number of benzene rings is 2. The second kappa shape index (κ2) is 6.26. The monoisotopic (exact) mass is 337 g/mol. The molecule has 0 saturated heterocycles. The zero-order valence-electron chi connectivity index (χ0n) is 12.7. The number of halogens is 4. The van der Waals surface area contributed by atoms with E-state index in [1.807, 2.05) is 0 Å². The van der Waals surface area contributed by atoms with Gasteiger partial charge in [-0.3, -0.25) is 4.79 Å². The number of fused-ring (bicyclic) bond motifs is 1. The van der Waals surface area contributed by atoms with Crippen LogP contribution < -0.4 is 4.90 Å². The van der Waals surface area contributed by atoms with Gasteiger partial charge in [-0.2, -0.15) is 13.2 Å². The topological polar surface area (TPSA) is 20.3 Å². The molecule has 0 spiro atoms. The van der Waals surface area contributed by atoms with Gasteiger partial charge in [0.1, 0.15) is 5.82 Å². The lowest BCUT2D eigenvalue weighted by Crippen LogP contribution is -2.36. The highest BCUT2D eigenvalue weighted by Gasteiger charge is 2.32. The Morgan fingerprint density at radius 2 is 1.88 bits per heavy atom. The van der Waals surface area contributed by atoms with Crippen LogP contribution in [0.4, 0.5) is 23.2 Å². The number of aryl methyl sites for hydroxylation is 1. The zero-order chi connectivity index (χ0) is 17.3. The van der Waals surface area contributed by atoms with Gasteiger partial charge in [-0.15, -0.1) is 0 Å². The molecule has 0 bridgehead atoms. The normalized spacial score (nSPS) is 14.4. The molecule has 0 fully saturated rings. The van der Waals surface area contributed by atoms with Crippen molar-refractivity contribution in [2.75, 3.05) is 11.4 Å². The lowest BCUT2D eigenvalue weighted by molar-refractivity contribution is -0.137. The molecule has 1 heterocycles. The van der Waals surface area contributed by atoms with Gasteiger partial charge in [0, 0.05) is 12.2 Å². The van der Waals surface area contributed by atoms with E-state index in [0.29, 0.717) is 30.6 Å². The molecule has 0 N–H and O–H groups in total. The van der Waals surface area contributed by atoms with Crippen molar-refractivity contribution in [3.8, 4) is 0 Å². The number of hydrogen-bond donors (Lipinski definition) is 0. The van der Waals surface area contributed by atoms with E-state index in [9.17, 15) is 22.4 Å². The molecule has 0 unspecified atom stereocenters. The molecule has 2 aromatic carbocycles. The second-order valence-corrected chi connectivity index (χ2v) is 5.76. The minimum Gasteiger partial charge on any atom is -0.312 e. The molecular weight excluding hydrogens is 322 g/mol. The van der Waals surface area contributed by atoms with Crippen molar-refractivity contribution in [1.29, 1.82) is 0 Å². The van der Waals surface area contributed by atoms with Crippen molar-refractivity contribution in [1.82, 2.24) is 0 Å². The predicted molar refractivity (Wildman–Crippen MR) is 82.2 cm³/mol. The van der Waals surface area contributed by atoms with Crippen LogP contribution in [0.5, 0.6) is 0 Å². The fourth-order valence-corrected chi connectivity index (χ4v) is 2.93. The van der Waals surface area contributed by atoms with E-state index >= 15 is 0 Å². The van der Waals surface area contributed by atoms with Crippen LogP contribution in [-0.4, -0.2) is 12.5 Å². The molecule has 0 atom stereocenters. The summed E-state index contributed by atoms with van der Waals surface area (Å²) >= 11 is 0. The number of amides is 1. The summed E-state index contributed by atoms with van der Waals surface area (Å²) in [7, 11) is 0. The van der Waals surface area contributed by atoms with Crippen LogP contribution in [0.3, 0.4) is 0 Å². The van der Waals surface area contributed by atoms with Gasteiger partial charge in [0.05, 0.1) is 12.0 Å². The highest BCUT2D eigenvalue weighted by molar-refractivity contribution is 5.96. The van der Waals surface area contributed by atoms with E-state index < -0.39 is 17.6 Å². The number of carbonyl (C=O) groups is 1. The summed E-state index contributed by atoms with van der Waals surface area (Å²) in [6, 6.07) is 9.40. The van der Waals surface area contributed by atoms with Gasteiger partial charge >= 0.3 is 6.18 Å². The van der Waals surface area contributed by atoms with Crippen LogP contribution >= 0.6 is 0 Å². The van der Waals surface area contributed by atoms with Gasteiger partial charge in [-0.1, -0.05) is 18.2 Å². The molecule has 2 aromatic rings. The molecule has 126 valence electrons. The number of nitrogens with zero attached hydrogens (tertiary/aromatic N) is 1. The lowest BCUT2D eigenvalue weighted by Gasteiger charge is -2.30. The third-order valence-corrected chi connectivity index (χ3v) is 4.13. The summed E-state index contributed by atoms with van der Waals surface area (Å²) in [5.74, 6) is -0.781. The largest absolute Gasteiger partial charge is 0.416 e. The van der Waals surface area contributed by atoms with Crippen LogP contribution in [0.2, 0.25) is 0 Å². The van der Waals surface area contributed by atoms with Crippen LogP contribution in [0.25, 0.3) is 0 Å². The first kappa shape index (κ1) is 16.5. The van der Waals surface area contributed by atoms with Crippen LogP contribution in [0, 0.1) is 5.82 Å². The summed E-state index contributed by atoms with van der Waals surface area (Å²) in [6.45, 7) is 0.422. The Bertz CT molecular complexity index is 770.